The largest absolute Gasteiger partial charge is 0.314 e. The van der Waals surface area contributed by atoms with Crippen LogP contribution in [0.3, 0.4) is 0 Å². The van der Waals surface area contributed by atoms with E-state index in [-0.39, 0.29) is 6.04 Å². The molecule has 0 bridgehead atoms. The van der Waals surface area contributed by atoms with Gasteiger partial charge in [0.1, 0.15) is 0 Å². The number of rotatable bonds is 3. The Hall–Kier alpha value is -0.170. The van der Waals surface area contributed by atoms with Crippen LogP contribution in [0.1, 0.15) is 32.6 Å². The molecular formula is C12H25N3O2S. The molecule has 2 aliphatic rings. The van der Waals surface area contributed by atoms with Gasteiger partial charge >= 0.3 is 0 Å². The van der Waals surface area contributed by atoms with Crippen LogP contribution in [0.5, 0.6) is 0 Å². The molecule has 1 saturated carbocycles. The summed E-state index contributed by atoms with van der Waals surface area (Å²) in [7, 11) is -1.50. The van der Waals surface area contributed by atoms with Crippen LogP contribution in [-0.2, 0) is 10.2 Å². The van der Waals surface area contributed by atoms with Crippen LogP contribution in [0.15, 0.2) is 0 Å². The third-order valence-corrected chi connectivity index (χ3v) is 6.31. The molecule has 5 nitrogen and oxygen atoms in total. The van der Waals surface area contributed by atoms with E-state index in [2.05, 4.69) is 12.2 Å². The Labute approximate surface area is 111 Å². The molecule has 0 radical (unpaired) electrons. The van der Waals surface area contributed by atoms with Gasteiger partial charge in [-0.2, -0.15) is 17.0 Å². The van der Waals surface area contributed by atoms with E-state index >= 15 is 0 Å². The van der Waals surface area contributed by atoms with Gasteiger partial charge in [-0.1, -0.05) is 6.92 Å². The van der Waals surface area contributed by atoms with E-state index in [0.717, 1.165) is 44.7 Å². The number of hydrogen-bond acceptors (Lipinski definition) is 3. The van der Waals surface area contributed by atoms with Crippen LogP contribution in [0.25, 0.3) is 0 Å². The van der Waals surface area contributed by atoms with Gasteiger partial charge in [-0.3, -0.25) is 0 Å². The molecule has 1 N–H and O–H groups in total. The SMILES string of the molecule is CC1CCC(N(C)S(=O)(=O)N2CCNCC2)CC1. The monoisotopic (exact) mass is 275 g/mol. The lowest BCUT2D eigenvalue weighted by Crippen LogP contribution is -2.53. The standard InChI is InChI=1S/C12H25N3O2S/c1-11-3-5-12(6-4-11)14(2)18(16,17)15-9-7-13-8-10-15/h11-13H,3-10H2,1-2H3. The highest BCUT2D eigenvalue weighted by Crippen LogP contribution is 2.28. The van der Waals surface area contributed by atoms with E-state index in [0.29, 0.717) is 13.1 Å². The summed E-state index contributed by atoms with van der Waals surface area (Å²) in [6, 6.07) is 0.195. The van der Waals surface area contributed by atoms with E-state index < -0.39 is 10.2 Å². The molecule has 2 fully saturated rings. The number of nitrogens with one attached hydrogen (secondary N) is 1. The van der Waals surface area contributed by atoms with Crippen molar-refractivity contribution < 1.29 is 8.42 Å². The van der Waals surface area contributed by atoms with Gasteiger partial charge in [0.15, 0.2) is 0 Å². The fourth-order valence-corrected chi connectivity index (χ4v) is 4.45. The van der Waals surface area contributed by atoms with Crippen molar-refractivity contribution in [2.45, 2.75) is 38.6 Å². The molecule has 6 heteroatoms. The predicted octanol–water partition coefficient (Wildman–Crippen LogP) is 0.647. The minimum Gasteiger partial charge on any atom is -0.314 e. The second-order valence-corrected chi connectivity index (χ2v) is 7.57. The molecule has 18 heavy (non-hydrogen) atoms. The number of piperazine rings is 1. The Morgan fingerprint density at radius 1 is 1.11 bits per heavy atom. The first-order valence-corrected chi connectivity index (χ1v) is 8.35. The minimum absolute atomic E-state index is 0.195. The van der Waals surface area contributed by atoms with Gasteiger partial charge in [0.05, 0.1) is 0 Å². The highest BCUT2D eigenvalue weighted by molar-refractivity contribution is 7.86. The maximum absolute atomic E-state index is 12.5. The summed E-state index contributed by atoms with van der Waals surface area (Å²) in [6.45, 7) is 4.95. The third-order valence-electron chi connectivity index (χ3n) is 4.27. The molecule has 0 aromatic heterocycles. The van der Waals surface area contributed by atoms with Gasteiger partial charge in [0.2, 0.25) is 0 Å². The van der Waals surface area contributed by atoms with Crippen LogP contribution >= 0.6 is 0 Å². The minimum atomic E-state index is -3.25. The third kappa shape index (κ3) is 3.04. The lowest BCUT2D eigenvalue weighted by atomic mass is 9.87. The molecule has 1 saturated heterocycles. The number of nitrogens with zero attached hydrogens (tertiary/aromatic N) is 2. The summed E-state index contributed by atoms with van der Waals surface area (Å²) in [5, 5.41) is 3.19. The van der Waals surface area contributed by atoms with Crippen LogP contribution in [0.2, 0.25) is 0 Å². The first-order chi connectivity index (χ1) is 8.51. The highest BCUT2D eigenvalue weighted by Gasteiger charge is 2.34. The van der Waals surface area contributed by atoms with E-state index in [1.165, 1.54) is 0 Å². The molecule has 0 unspecified atom stereocenters. The van der Waals surface area contributed by atoms with Gasteiger partial charge in [-0.25, -0.2) is 0 Å². The average Bonchev–Trinajstić information content (AvgIpc) is 2.40. The molecule has 106 valence electrons. The summed E-state index contributed by atoms with van der Waals surface area (Å²) in [4.78, 5) is 0. The maximum atomic E-state index is 12.5. The van der Waals surface area contributed by atoms with Crippen molar-refractivity contribution in [3.63, 3.8) is 0 Å². The zero-order chi connectivity index (χ0) is 13.2. The topological polar surface area (TPSA) is 52.7 Å². The van der Waals surface area contributed by atoms with Crippen molar-refractivity contribution in [2.24, 2.45) is 5.92 Å². The summed E-state index contributed by atoms with van der Waals surface area (Å²) in [5.74, 6) is 0.747. The van der Waals surface area contributed by atoms with Crippen molar-refractivity contribution in [3.05, 3.63) is 0 Å². The van der Waals surface area contributed by atoms with Gasteiger partial charge < -0.3 is 5.32 Å². The Balaban J connectivity index is 2.00. The lowest BCUT2D eigenvalue weighted by Gasteiger charge is -2.37. The summed E-state index contributed by atoms with van der Waals surface area (Å²) >= 11 is 0. The summed E-state index contributed by atoms with van der Waals surface area (Å²) in [5.41, 5.74) is 0. The first kappa shape index (κ1) is 14.2. The molecule has 0 aromatic rings. The van der Waals surface area contributed by atoms with Gasteiger partial charge in [-0.15, -0.1) is 0 Å². The molecule has 0 atom stereocenters. The highest BCUT2D eigenvalue weighted by atomic mass is 32.2. The fourth-order valence-electron chi connectivity index (χ4n) is 2.85. The summed E-state index contributed by atoms with van der Waals surface area (Å²) < 4.78 is 28.2. The molecule has 1 aliphatic carbocycles. The second-order valence-electron chi connectivity index (χ2n) is 5.59. The van der Waals surface area contributed by atoms with E-state index in [4.69, 9.17) is 0 Å². The second kappa shape index (κ2) is 5.86. The zero-order valence-electron chi connectivity index (χ0n) is 11.4. The average molecular weight is 275 g/mol. The van der Waals surface area contributed by atoms with Crippen molar-refractivity contribution in [3.8, 4) is 0 Å². The van der Waals surface area contributed by atoms with Crippen molar-refractivity contribution in [2.75, 3.05) is 33.2 Å². The van der Waals surface area contributed by atoms with Crippen LogP contribution in [0, 0.1) is 5.92 Å². The maximum Gasteiger partial charge on any atom is 0.282 e. The Kier molecular flexibility index (Phi) is 4.64. The Morgan fingerprint density at radius 2 is 1.67 bits per heavy atom. The zero-order valence-corrected chi connectivity index (χ0v) is 12.2. The molecular weight excluding hydrogens is 250 g/mol. The van der Waals surface area contributed by atoms with Crippen LogP contribution in [-0.4, -0.2) is 56.3 Å². The molecule has 2 rings (SSSR count). The molecule has 1 aliphatic heterocycles. The predicted molar refractivity (Wildman–Crippen MR) is 72.5 cm³/mol. The van der Waals surface area contributed by atoms with Gasteiger partial charge in [-0.05, 0) is 31.6 Å². The first-order valence-electron chi connectivity index (χ1n) is 6.95. The van der Waals surface area contributed by atoms with E-state index in [1.54, 1.807) is 15.7 Å². The van der Waals surface area contributed by atoms with Crippen LogP contribution < -0.4 is 5.32 Å². The van der Waals surface area contributed by atoms with Gasteiger partial charge in [0, 0.05) is 39.3 Å². The van der Waals surface area contributed by atoms with Gasteiger partial charge in [0.25, 0.3) is 10.2 Å². The van der Waals surface area contributed by atoms with E-state index in [1.807, 2.05) is 0 Å². The van der Waals surface area contributed by atoms with Crippen molar-refractivity contribution in [1.29, 1.82) is 0 Å². The van der Waals surface area contributed by atoms with Crippen molar-refractivity contribution in [1.82, 2.24) is 13.9 Å². The Bertz CT molecular complexity index is 358. The Morgan fingerprint density at radius 3 is 2.22 bits per heavy atom. The fraction of sp³-hybridized carbons (Fsp3) is 1.00. The molecule has 0 amide bonds. The van der Waals surface area contributed by atoms with E-state index in [9.17, 15) is 8.42 Å². The smallest absolute Gasteiger partial charge is 0.282 e. The lowest BCUT2D eigenvalue weighted by molar-refractivity contribution is 0.228. The quantitative estimate of drug-likeness (QED) is 0.823. The van der Waals surface area contributed by atoms with Crippen LogP contribution in [0.4, 0.5) is 0 Å². The molecule has 0 spiro atoms. The molecule has 0 aromatic carbocycles. The van der Waals surface area contributed by atoms with Crippen molar-refractivity contribution >= 4 is 10.2 Å². The normalized spacial score (nSPS) is 31.7. The number of hydrogen-bond donors (Lipinski definition) is 1. The molecule has 1 heterocycles. The summed E-state index contributed by atoms with van der Waals surface area (Å²) in [6.07, 6.45) is 4.30.